The Kier molecular flexibility index (Phi) is 5.58. The van der Waals surface area contributed by atoms with Gasteiger partial charge in [-0.3, -0.25) is 0 Å². The third-order valence-corrected chi connectivity index (χ3v) is 3.35. The fourth-order valence-electron chi connectivity index (χ4n) is 2.20. The van der Waals surface area contributed by atoms with E-state index in [2.05, 4.69) is 43.2 Å². The summed E-state index contributed by atoms with van der Waals surface area (Å²) in [6.07, 6.45) is 3.91. The first kappa shape index (κ1) is 12.9. The van der Waals surface area contributed by atoms with Crippen LogP contribution >= 0.6 is 0 Å². The first-order chi connectivity index (χ1) is 7.09. The van der Waals surface area contributed by atoms with E-state index in [1.807, 2.05) is 0 Å². The maximum Gasteiger partial charge on any atom is 0.0209 e. The molecule has 1 heterocycles. The fraction of sp³-hybridized carbons (Fsp3) is 1.00. The van der Waals surface area contributed by atoms with Gasteiger partial charge in [-0.1, -0.05) is 0 Å². The summed E-state index contributed by atoms with van der Waals surface area (Å²) in [4.78, 5) is 4.70. The van der Waals surface area contributed by atoms with Gasteiger partial charge in [0.1, 0.15) is 0 Å². The fourth-order valence-corrected chi connectivity index (χ4v) is 2.20. The summed E-state index contributed by atoms with van der Waals surface area (Å²) >= 11 is 0. The molecule has 15 heavy (non-hydrogen) atoms. The topological polar surface area (TPSA) is 18.5 Å². The van der Waals surface area contributed by atoms with Crippen molar-refractivity contribution in [2.45, 2.75) is 38.3 Å². The Balaban J connectivity index is 1.97. The zero-order valence-corrected chi connectivity index (χ0v) is 10.8. The lowest BCUT2D eigenvalue weighted by Gasteiger charge is -2.14. The number of unbranched alkanes of at least 4 members (excludes halogenated alkanes) is 1. The lowest BCUT2D eigenvalue weighted by molar-refractivity contribution is 0.326. The highest BCUT2D eigenvalue weighted by atomic mass is 15.2. The molecule has 0 radical (unpaired) electrons. The monoisotopic (exact) mass is 213 g/mol. The molecule has 90 valence electrons. The number of hydrogen-bond acceptors (Lipinski definition) is 3. The molecule has 1 N–H and O–H groups in total. The first-order valence-electron chi connectivity index (χ1n) is 6.18. The van der Waals surface area contributed by atoms with Crippen LogP contribution in [-0.4, -0.2) is 62.7 Å². The molecular formula is C12H27N3. The molecular weight excluding hydrogens is 186 g/mol. The molecule has 3 nitrogen and oxygen atoms in total. The molecule has 1 aliphatic heterocycles. The normalized spacial score (nSPS) is 27.8. The van der Waals surface area contributed by atoms with E-state index in [-0.39, 0.29) is 0 Å². The van der Waals surface area contributed by atoms with E-state index in [0.717, 1.165) is 12.1 Å². The molecule has 0 aromatic heterocycles. The van der Waals surface area contributed by atoms with Crippen molar-refractivity contribution < 1.29 is 0 Å². The van der Waals surface area contributed by atoms with Crippen molar-refractivity contribution in [1.82, 2.24) is 15.1 Å². The highest BCUT2D eigenvalue weighted by Gasteiger charge is 2.24. The van der Waals surface area contributed by atoms with Gasteiger partial charge in [0.2, 0.25) is 0 Å². The van der Waals surface area contributed by atoms with Crippen LogP contribution in [0.3, 0.4) is 0 Å². The maximum atomic E-state index is 3.66. The Hall–Kier alpha value is -0.120. The van der Waals surface area contributed by atoms with Gasteiger partial charge >= 0.3 is 0 Å². The second-order valence-electron chi connectivity index (χ2n) is 5.19. The molecule has 1 rings (SSSR count). The summed E-state index contributed by atoms with van der Waals surface area (Å²) < 4.78 is 0. The van der Waals surface area contributed by atoms with Gasteiger partial charge in [-0.05, 0) is 60.4 Å². The van der Waals surface area contributed by atoms with Crippen molar-refractivity contribution in [1.29, 1.82) is 0 Å². The van der Waals surface area contributed by atoms with E-state index in [4.69, 9.17) is 0 Å². The van der Waals surface area contributed by atoms with Crippen LogP contribution in [0.5, 0.6) is 0 Å². The average molecular weight is 213 g/mol. The Morgan fingerprint density at radius 1 is 1.33 bits per heavy atom. The maximum absolute atomic E-state index is 3.66. The van der Waals surface area contributed by atoms with Crippen LogP contribution in [0.15, 0.2) is 0 Å². The molecule has 2 unspecified atom stereocenters. The van der Waals surface area contributed by atoms with Crippen LogP contribution < -0.4 is 5.32 Å². The molecule has 0 aromatic carbocycles. The van der Waals surface area contributed by atoms with Crippen LogP contribution in [0.1, 0.15) is 26.2 Å². The average Bonchev–Trinajstić information content (AvgIpc) is 2.45. The molecule has 0 saturated carbocycles. The minimum absolute atomic E-state index is 0.726. The van der Waals surface area contributed by atoms with E-state index >= 15 is 0 Å². The van der Waals surface area contributed by atoms with Gasteiger partial charge in [0.05, 0.1) is 0 Å². The smallest absolute Gasteiger partial charge is 0.0209 e. The number of likely N-dealkylation sites (N-methyl/N-ethyl adjacent to an activating group) is 1. The van der Waals surface area contributed by atoms with Crippen molar-refractivity contribution in [2.75, 3.05) is 40.8 Å². The Bertz CT molecular complexity index is 160. The van der Waals surface area contributed by atoms with Crippen LogP contribution in [0, 0.1) is 0 Å². The minimum Gasteiger partial charge on any atom is -0.313 e. The van der Waals surface area contributed by atoms with Gasteiger partial charge in [-0.25, -0.2) is 0 Å². The molecule has 0 aliphatic carbocycles. The molecule has 0 bridgehead atoms. The van der Waals surface area contributed by atoms with Crippen LogP contribution in [0.4, 0.5) is 0 Å². The molecule has 1 aliphatic rings. The third-order valence-electron chi connectivity index (χ3n) is 3.35. The number of rotatable bonds is 6. The molecule has 1 saturated heterocycles. The van der Waals surface area contributed by atoms with Crippen LogP contribution in [-0.2, 0) is 0 Å². The highest BCUT2D eigenvalue weighted by molar-refractivity contribution is 4.84. The van der Waals surface area contributed by atoms with E-state index in [9.17, 15) is 0 Å². The minimum atomic E-state index is 0.726. The summed E-state index contributed by atoms with van der Waals surface area (Å²) in [7, 11) is 6.50. The zero-order chi connectivity index (χ0) is 11.3. The highest BCUT2D eigenvalue weighted by Crippen LogP contribution is 2.14. The van der Waals surface area contributed by atoms with E-state index in [0.29, 0.717) is 0 Å². The summed E-state index contributed by atoms with van der Waals surface area (Å²) in [5.41, 5.74) is 0. The summed E-state index contributed by atoms with van der Waals surface area (Å²) in [6, 6.07) is 1.48. The molecule has 2 atom stereocenters. The molecule has 0 aromatic rings. The van der Waals surface area contributed by atoms with Crippen molar-refractivity contribution in [3.8, 4) is 0 Å². The Morgan fingerprint density at radius 2 is 2.07 bits per heavy atom. The van der Waals surface area contributed by atoms with Gasteiger partial charge in [-0.2, -0.15) is 0 Å². The zero-order valence-electron chi connectivity index (χ0n) is 10.8. The Morgan fingerprint density at radius 3 is 2.60 bits per heavy atom. The third kappa shape index (κ3) is 4.96. The lowest BCUT2D eigenvalue weighted by atomic mass is 10.2. The number of nitrogens with one attached hydrogen (secondary N) is 1. The number of nitrogens with zero attached hydrogens (tertiary/aromatic N) is 2. The molecule has 0 spiro atoms. The second-order valence-corrected chi connectivity index (χ2v) is 5.19. The standard InChI is InChI=1S/C12H27N3/c1-11-9-12(10-15(11)4)13-7-5-6-8-14(2)3/h11-13H,5-10H2,1-4H3. The first-order valence-corrected chi connectivity index (χ1v) is 6.18. The molecule has 0 amide bonds. The Labute approximate surface area is 94.8 Å². The van der Waals surface area contributed by atoms with Gasteiger partial charge in [-0.15, -0.1) is 0 Å². The molecule has 3 heteroatoms. The van der Waals surface area contributed by atoms with Gasteiger partial charge in [0, 0.05) is 18.6 Å². The predicted molar refractivity (Wildman–Crippen MR) is 66.3 cm³/mol. The molecule has 1 fully saturated rings. The second kappa shape index (κ2) is 6.46. The van der Waals surface area contributed by atoms with Gasteiger partial charge in [0.25, 0.3) is 0 Å². The largest absolute Gasteiger partial charge is 0.313 e. The van der Waals surface area contributed by atoms with Crippen molar-refractivity contribution in [3.63, 3.8) is 0 Å². The van der Waals surface area contributed by atoms with Crippen molar-refractivity contribution in [3.05, 3.63) is 0 Å². The quantitative estimate of drug-likeness (QED) is 0.664. The van der Waals surface area contributed by atoms with Gasteiger partial charge in [0.15, 0.2) is 0 Å². The number of likely N-dealkylation sites (tertiary alicyclic amines) is 1. The summed E-state index contributed by atoms with van der Waals surface area (Å²) in [5.74, 6) is 0. The lowest BCUT2D eigenvalue weighted by Crippen LogP contribution is -2.32. The van der Waals surface area contributed by atoms with Crippen molar-refractivity contribution in [2.24, 2.45) is 0 Å². The summed E-state index contributed by atoms with van der Waals surface area (Å²) in [5, 5.41) is 3.66. The van der Waals surface area contributed by atoms with Crippen LogP contribution in [0.2, 0.25) is 0 Å². The van der Waals surface area contributed by atoms with E-state index < -0.39 is 0 Å². The van der Waals surface area contributed by atoms with E-state index in [1.54, 1.807) is 0 Å². The number of hydrogen-bond donors (Lipinski definition) is 1. The van der Waals surface area contributed by atoms with Gasteiger partial charge < -0.3 is 15.1 Å². The summed E-state index contributed by atoms with van der Waals surface area (Å²) in [6.45, 7) is 5.92. The SMILES string of the molecule is CC1CC(NCCCCN(C)C)CN1C. The van der Waals surface area contributed by atoms with Crippen LogP contribution in [0.25, 0.3) is 0 Å². The van der Waals surface area contributed by atoms with Crippen molar-refractivity contribution >= 4 is 0 Å². The predicted octanol–water partition coefficient (Wildman–Crippen LogP) is 1.01. The van der Waals surface area contributed by atoms with E-state index in [1.165, 1.54) is 38.9 Å².